The van der Waals surface area contributed by atoms with Gasteiger partial charge in [-0.1, -0.05) is 55.5 Å². The molecule has 0 radical (unpaired) electrons. The number of ether oxygens (including phenoxy) is 2. The predicted molar refractivity (Wildman–Crippen MR) is 119 cm³/mol. The van der Waals surface area contributed by atoms with Gasteiger partial charge in [-0.2, -0.15) is 0 Å². The van der Waals surface area contributed by atoms with Crippen molar-refractivity contribution < 1.29 is 13.9 Å². The van der Waals surface area contributed by atoms with Crippen LogP contribution < -0.4 is 10.4 Å². The summed E-state index contributed by atoms with van der Waals surface area (Å²) in [6.45, 7) is 2.64. The molecule has 0 saturated heterocycles. The van der Waals surface area contributed by atoms with Gasteiger partial charge < -0.3 is 13.9 Å². The van der Waals surface area contributed by atoms with E-state index in [1.807, 2.05) is 36.4 Å². The van der Waals surface area contributed by atoms with E-state index >= 15 is 0 Å². The van der Waals surface area contributed by atoms with E-state index in [-0.39, 0.29) is 11.7 Å². The highest BCUT2D eigenvalue weighted by atomic mass is 16.5. The molecule has 2 rings (SSSR count). The van der Waals surface area contributed by atoms with E-state index < -0.39 is 0 Å². The smallest absolute Gasteiger partial charge is 0.336 e. The second kappa shape index (κ2) is 13.3. The summed E-state index contributed by atoms with van der Waals surface area (Å²) in [5.41, 5.74) is 0.160. The van der Waals surface area contributed by atoms with Crippen molar-refractivity contribution in [3.8, 4) is 5.75 Å². The Morgan fingerprint density at radius 1 is 1.00 bits per heavy atom. The Bertz CT molecular complexity index is 902. The highest BCUT2D eigenvalue weighted by molar-refractivity contribution is 5.77. The Hall–Kier alpha value is -2.85. The van der Waals surface area contributed by atoms with Crippen LogP contribution in [-0.4, -0.2) is 19.8 Å². The van der Waals surface area contributed by atoms with Crippen molar-refractivity contribution in [3.05, 3.63) is 89.4 Å². The van der Waals surface area contributed by atoms with Crippen molar-refractivity contribution in [1.29, 1.82) is 0 Å². The average molecular weight is 395 g/mol. The predicted octanol–water partition coefficient (Wildman–Crippen LogP) is 5.99. The molecular weight excluding hydrogens is 364 g/mol. The van der Waals surface area contributed by atoms with E-state index in [0.29, 0.717) is 17.9 Å². The third-order valence-electron chi connectivity index (χ3n) is 4.27. The van der Waals surface area contributed by atoms with Gasteiger partial charge in [-0.25, -0.2) is 4.79 Å². The maximum Gasteiger partial charge on any atom is 0.336 e. The Balaban J connectivity index is 1.73. The fourth-order valence-corrected chi connectivity index (χ4v) is 2.68. The van der Waals surface area contributed by atoms with Crippen LogP contribution in [0.15, 0.2) is 88.2 Å². The molecule has 4 nitrogen and oxygen atoms in total. The zero-order valence-corrected chi connectivity index (χ0v) is 17.3. The van der Waals surface area contributed by atoms with Crippen molar-refractivity contribution in [3.63, 3.8) is 0 Å². The van der Waals surface area contributed by atoms with Crippen LogP contribution in [0.1, 0.15) is 32.6 Å². The lowest BCUT2D eigenvalue weighted by Crippen LogP contribution is -2.12. The maximum absolute atomic E-state index is 11.3. The molecule has 0 aliphatic rings. The third kappa shape index (κ3) is 8.79. The first-order valence-corrected chi connectivity index (χ1v) is 10.1. The number of methoxy groups -OCH3 is 1. The quantitative estimate of drug-likeness (QED) is 0.192. The molecule has 4 heteroatoms. The third-order valence-corrected chi connectivity index (χ3v) is 4.27. The first-order valence-electron chi connectivity index (χ1n) is 10.1. The minimum Gasteiger partial charge on any atom is -0.493 e. The van der Waals surface area contributed by atoms with Gasteiger partial charge in [0, 0.05) is 31.0 Å². The van der Waals surface area contributed by atoms with Crippen LogP contribution in [0, 0.1) is 0 Å². The van der Waals surface area contributed by atoms with Crippen LogP contribution in [0.4, 0.5) is 0 Å². The molecule has 0 saturated carbocycles. The molecule has 1 aromatic heterocycles. The van der Waals surface area contributed by atoms with Crippen LogP contribution in [0.25, 0.3) is 11.0 Å². The molecule has 0 spiro atoms. The van der Waals surface area contributed by atoms with Crippen LogP contribution in [0.2, 0.25) is 0 Å². The zero-order chi connectivity index (χ0) is 20.7. The van der Waals surface area contributed by atoms with Gasteiger partial charge >= 0.3 is 5.63 Å². The lowest BCUT2D eigenvalue weighted by atomic mass is 10.2. The Morgan fingerprint density at radius 2 is 1.79 bits per heavy atom. The SMILES string of the molecule is CC/C=C\CC/C=C/C=C\C=C\[C@H](CCOc1ccc2ccc(=O)oc2c1)OC. The second-order valence-corrected chi connectivity index (χ2v) is 6.52. The Morgan fingerprint density at radius 3 is 2.62 bits per heavy atom. The molecule has 2 aromatic rings. The highest BCUT2D eigenvalue weighted by Gasteiger charge is 2.04. The lowest BCUT2D eigenvalue weighted by molar-refractivity contribution is 0.116. The largest absolute Gasteiger partial charge is 0.493 e. The number of unbranched alkanes of at least 4 members (excludes halogenated alkanes) is 1. The van der Waals surface area contributed by atoms with Crippen molar-refractivity contribution >= 4 is 11.0 Å². The minimum atomic E-state index is -0.365. The van der Waals surface area contributed by atoms with Crippen LogP contribution >= 0.6 is 0 Å². The Kier molecular flexibility index (Phi) is 10.3. The molecule has 29 heavy (non-hydrogen) atoms. The number of allylic oxidation sites excluding steroid dienone is 7. The number of hydrogen-bond acceptors (Lipinski definition) is 4. The van der Waals surface area contributed by atoms with Crippen LogP contribution in [-0.2, 0) is 4.74 Å². The topological polar surface area (TPSA) is 48.7 Å². The van der Waals surface area contributed by atoms with Crippen molar-refractivity contribution in [2.75, 3.05) is 13.7 Å². The summed E-state index contributed by atoms with van der Waals surface area (Å²) >= 11 is 0. The van der Waals surface area contributed by atoms with Crippen molar-refractivity contribution in [1.82, 2.24) is 0 Å². The molecule has 0 fully saturated rings. The number of hydrogen-bond donors (Lipinski definition) is 0. The van der Waals surface area contributed by atoms with E-state index in [1.54, 1.807) is 19.2 Å². The van der Waals surface area contributed by atoms with Gasteiger partial charge in [-0.3, -0.25) is 0 Å². The van der Waals surface area contributed by atoms with Crippen LogP contribution in [0.3, 0.4) is 0 Å². The van der Waals surface area contributed by atoms with E-state index in [2.05, 4.69) is 31.2 Å². The van der Waals surface area contributed by atoms with E-state index in [1.165, 1.54) is 6.07 Å². The summed E-state index contributed by atoms with van der Waals surface area (Å²) in [5, 5.41) is 0.868. The first kappa shape index (κ1) is 22.4. The fraction of sp³-hybridized carbons (Fsp3) is 0.320. The van der Waals surface area contributed by atoms with E-state index in [0.717, 1.165) is 31.1 Å². The monoisotopic (exact) mass is 394 g/mol. The van der Waals surface area contributed by atoms with Gasteiger partial charge in [-0.15, -0.1) is 0 Å². The molecular formula is C25H30O4. The molecule has 1 atom stereocenters. The molecule has 1 heterocycles. The number of fused-ring (bicyclic) bond motifs is 1. The fourth-order valence-electron chi connectivity index (χ4n) is 2.68. The zero-order valence-electron chi connectivity index (χ0n) is 17.3. The molecule has 0 aliphatic heterocycles. The summed E-state index contributed by atoms with van der Waals surface area (Å²) in [4.78, 5) is 11.3. The molecule has 0 N–H and O–H groups in total. The van der Waals surface area contributed by atoms with Gasteiger partial charge in [0.05, 0.1) is 12.7 Å². The van der Waals surface area contributed by atoms with Gasteiger partial charge in [-0.05, 0) is 37.5 Å². The standard InChI is InChI=1S/C25H30O4/c1-3-4-5-6-7-8-9-10-11-12-13-22(27-2)18-19-28-23-16-14-21-15-17-25(26)29-24(21)20-23/h4-5,8-17,20,22H,3,6-7,18-19H2,1-2H3/b5-4-,9-8+,11-10-,13-12+/t22-/m1/s1. The van der Waals surface area contributed by atoms with E-state index in [4.69, 9.17) is 13.9 Å². The molecule has 0 unspecified atom stereocenters. The average Bonchev–Trinajstić information content (AvgIpc) is 2.73. The molecule has 1 aromatic carbocycles. The van der Waals surface area contributed by atoms with Crippen molar-refractivity contribution in [2.24, 2.45) is 0 Å². The lowest BCUT2D eigenvalue weighted by Gasteiger charge is -2.12. The maximum atomic E-state index is 11.3. The summed E-state index contributed by atoms with van der Waals surface area (Å²) in [6.07, 6.45) is 20.6. The van der Waals surface area contributed by atoms with Gasteiger partial charge in [0.15, 0.2) is 0 Å². The summed E-state index contributed by atoms with van der Waals surface area (Å²) in [6, 6.07) is 8.63. The summed E-state index contributed by atoms with van der Waals surface area (Å²) in [5.74, 6) is 0.671. The highest BCUT2D eigenvalue weighted by Crippen LogP contribution is 2.19. The minimum absolute atomic E-state index is 0.0267. The number of benzene rings is 1. The van der Waals surface area contributed by atoms with Crippen molar-refractivity contribution in [2.45, 2.75) is 38.7 Å². The molecule has 154 valence electrons. The number of rotatable bonds is 12. The van der Waals surface area contributed by atoms with Crippen LogP contribution in [0.5, 0.6) is 5.75 Å². The van der Waals surface area contributed by atoms with Gasteiger partial charge in [0.25, 0.3) is 0 Å². The second-order valence-electron chi connectivity index (χ2n) is 6.52. The summed E-state index contributed by atoms with van der Waals surface area (Å²) in [7, 11) is 1.69. The first-order chi connectivity index (χ1) is 14.2. The normalized spacial score (nSPS) is 13.4. The van der Waals surface area contributed by atoms with E-state index in [9.17, 15) is 4.79 Å². The molecule has 0 amide bonds. The molecule has 0 aliphatic carbocycles. The summed E-state index contributed by atoms with van der Waals surface area (Å²) < 4.78 is 16.4. The van der Waals surface area contributed by atoms with Gasteiger partial charge in [0.2, 0.25) is 0 Å². The molecule has 0 bridgehead atoms. The van der Waals surface area contributed by atoms with Gasteiger partial charge in [0.1, 0.15) is 11.3 Å². The Labute approximate surface area is 172 Å².